The van der Waals surface area contributed by atoms with E-state index in [0.29, 0.717) is 12.8 Å². The Kier molecular flexibility index (Phi) is 2.24. The minimum atomic E-state index is -0.538. The van der Waals surface area contributed by atoms with Crippen LogP contribution >= 0.6 is 0 Å². The molecule has 1 fully saturated rings. The zero-order chi connectivity index (χ0) is 7.56. The first kappa shape index (κ1) is 7.50. The van der Waals surface area contributed by atoms with E-state index in [1.807, 2.05) is 0 Å². The molecule has 0 bridgehead atoms. The number of aliphatic hydroxyl groups excluding tert-OH is 1. The van der Waals surface area contributed by atoms with Gasteiger partial charge in [0.15, 0.2) is 0 Å². The van der Waals surface area contributed by atoms with Crippen molar-refractivity contribution in [2.45, 2.75) is 25.1 Å². The van der Waals surface area contributed by atoms with Crippen LogP contribution in [0.1, 0.15) is 12.8 Å². The SMILES string of the molecule is COC(=O)C1CC[C@H](O)N1. The Balaban J connectivity index is 2.37. The van der Waals surface area contributed by atoms with Crippen molar-refractivity contribution in [3.8, 4) is 0 Å². The van der Waals surface area contributed by atoms with Gasteiger partial charge in [-0.1, -0.05) is 0 Å². The van der Waals surface area contributed by atoms with Crippen molar-refractivity contribution in [3.63, 3.8) is 0 Å². The van der Waals surface area contributed by atoms with Crippen LogP contribution in [-0.2, 0) is 9.53 Å². The second-order valence-electron chi connectivity index (χ2n) is 2.34. The third-order valence-electron chi connectivity index (χ3n) is 1.61. The predicted molar refractivity (Wildman–Crippen MR) is 34.2 cm³/mol. The molecule has 0 spiro atoms. The number of carbonyl (C=O) groups is 1. The number of esters is 1. The molecule has 4 nitrogen and oxygen atoms in total. The average Bonchev–Trinajstić information content (AvgIpc) is 2.34. The number of ether oxygens (including phenoxy) is 1. The van der Waals surface area contributed by atoms with Crippen LogP contribution in [0.2, 0.25) is 0 Å². The Bertz CT molecular complexity index is 137. The summed E-state index contributed by atoms with van der Waals surface area (Å²) in [6, 6.07) is -0.306. The summed E-state index contributed by atoms with van der Waals surface area (Å²) in [4.78, 5) is 10.8. The lowest BCUT2D eigenvalue weighted by molar-refractivity contribution is -0.143. The van der Waals surface area contributed by atoms with E-state index < -0.39 is 6.23 Å². The fourth-order valence-corrected chi connectivity index (χ4v) is 1.05. The Morgan fingerprint density at radius 3 is 2.80 bits per heavy atom. The van der Waals surface area contributed by atoms with E-state index in [-0.39, 0.29) is 12.0 Å². The summed E-state index contributed by atoms with van der Waals surface area (Å²) in [7, 11) is 1.34. The van der Waals surface area contributed by atoms with Gasteiger partial charge < -0.3 is 9.84 Å². The number of aliphatic hydroxyl groups is 1. The highest BCUT2D eigenvalue weighted by Gasteiger charge is 2.27. The highest BCUT2D eigenvalue weighted by Crippen LogP contribution is 2.10. The smallest absolute Gasteiger partial charge is 0.322 e. The van der Waals surface area contributed by atoms with Crippen molar-refractivity contribution in [1.29, 1.82) is 0 Å². The van der Waals surface area contributed by atoms with Crippen LogP contribution in [0.25, 0.3) is 0 Å². The maximum absolute atomic E-state index is 10.8. The molecule has 4 heteroatoms. The molecule has 1 rings (SSSR count). The van der Waals surface area contributed by atoms with Crippen LogP contribution in [0.5, 0.6) is 0 Å². The largest absolute Gasteiger partial charge is 0.468 e. The minimum Gasteiger partial charge on any atom is -0.468 e. The lowest BCUT2D eigenvalue weighted by Crippen LogP contribution is -2.35. The van der Waals surface area contributed by atoms with Crippen LogP contribution < -0.4 is 5.32 Å². The number of hydrogen-bond acceptors (Lipinski definition) is 4. The van der Waals surface area contributed by atoms with Gasteiger partial charge in [0.05, 0.1) is 7.11 Å². The molecule has 0 aromatic carbocycles. The first-order valence-electron chi connectivity index (χ1n) is 3.26. The van der Waals surface area contributed by atoms with Gasteiger partial charge in [-0.05, 0) is 12.8 Å². The number of methoxy groups -OCH3 is 1. The van der Waals surface area contributed by atoms with Crippen molar-refractivity contribution >= 4 is 5.97 Å². The summed E-state index contributed by atoms with van der Waals surface area (Å²) in [6.07, 6.45) is 0.747. The van der Waals surface area contributed by atoms with Gasteiger partial charge in [0.25, 0.3) is 0 Å². The molecule has 2 atom stereocenters. The zero-order valence-electron chi connectivity index (χ0n) is 5.83. The summed E-state index contributed by atoms with van der Waals surface area (Å²) in [6.45, 7) is 0. The zero-order valence-corrected chi connectivity index (χ0v) is 5.83. The van der Waals surface area contributed by atoms with Crippen molar-refractivity contribution in [3.05, 3.63) is 0 Å². The molecule has 1 unspecified atom stereocenters. The lowest BCUT2D eigenvalue weighted by atomic mass is 10.2. The second kappa shape index (κ2) is 2.98. The van der Waals surface area contributed by atoms with E-state index in [0.717, 1.165) is 0 Å². The standard InChI is InChI=1S/C6H11NO3/c1-10-6(9)4-2-3-5(8)7-4/h4-5,7-8H,2-3H2,1H3/t4?,5-/m0/s1. The highest BCUT2D eigenvalue weighted by atomic mass is 16.5. The van der Waals surface area contributed by atoms with E-state index in [1.54, 1.807) is 0 Å². The quantitative estimate of drug-likeness (QED) is 0.476. The van der Waals surface area contributed by atoms with E-state index in [2.05, 4.69) is 10.1 Å². The van der Waals surface area contributed by atoms with Crippen LogP contribution in [0, 0.1) is 0 Å². The van der Waals surface area contributed by atoms with Crippen LogP contribution in [-0.4, -0.2) is 30.5 Å². The Labute approximate surface area is 59.2 Å². The van der Waals surface area contributed by atoms with Crippen molar-refractivity contribution in [2.75, 3.05) is 7.11 Å². The van der Waals surface area contributed by atoms with Crippen molar-refractivity contribution < 1.29 is 14.6 Å². The third kappa shape index (κ3) is 1.46. The van der Waals surface area contributed by atoms with Gasteiger partial charge in [0.2, 0.25) is 0 Å². The average molecular weight is 145 g/mol. The molecule has 0 aromatic rings. The molecule has 2 N–H and O–H groups in total. The molecule has 1 aliphatic heterocycles. The number of nitrogens with one attached hydrogen (secondary N) is 1. The van der Waals surface area contributed by atoms with Gasteiger partial charge in [-0.15, -0.1) is 0 Å². The fourth-order valence-electron chi connectivity index (χ4n) is 1.05. The molecular weight excluding hydrogens is 134 g/mol. The molecule has 1 aliphatic rings. The Morgan fingerprint density at radius 2 is 2.40 bits per heavy atom. The van der Waals surface area contributed by atoms with Crippen LogP contribution in [0.3, 0.4) is 0 Å². The van der Waals surface area contributed by atoms with Gasteiger partial charge >= 0.3 is 5.97 Å². The Hall–Kier alpha value is -0.610. The first-order chi connectivity index (χ1) is 4.74. The summed E-state index contributed by atoms with van der Waals surface area (Å²) < 4.78 is 4.47. The summed E-state index contributed by atoms with van der Waals surface area (Å²) in [5.41, 5.74) is 0. The number of hydrogen-bond donors (Lipinski definition) is 2. The normalized spacial score (nSPS) is 32.2. The summed E-state index contributed by atoms with van der Waals surface area (Å²) in [5, 5.41) is 11.6. The predicted octanol–water partition coefficient (Wildman–Crippen LogP) is -0.770. The molecule has 58 valence electrons. The molecule has 1 saturated heterocycles. The van der Waals surface area contributed by atoms with Gasteiger partial charge in [-0.2, -0.15) is 0 Å². The van der Waals surface area contributed by atoms with Gasteiger partial charge in [-0.3, -0.25) is 10.1 Å². The van der Waals surface area contributed by atoms with Gasteiger partial charge in [0, 0.05) is 0 Å². The van der Waals surface area contributed by atoms with Gasteiger partial charge in [0.1, 0.15) is 12.3 Å². The van der Waals surface area contributed by atoms with Crippen molar-refractivity contribution in [1.82, 2.24) is 5.32 Å². The summed E-state index contributed by atoms with van der Waals surface area (Å²) >= 11 is 0. The molecule has 0 radical (unpaired) electrons. The van der Waals surface area contributed by atoms with E-state index in [1.165, 1.54) is 7.11 Å². The molecule has 0 amide bonds. The number of rotatable bonds is 1. The van der Waals surface area contributed by atoms with Crippen LogP contribution in [0.4, 0.5) is 0 Å². The van der Waals surface area contributed by atoms with Gasteiger partial charge in [-0.25, -0.2) is 0 Å². The topological polar surface area (TPSA) is 58.6 Å². The second-order valence-corrected chi connectivity index (χ2v) is 2.34. The Morgan fingerprint density at radius 1 is 1.70 bits per heavy atom. The molecule has 0 aliphatic carbocycles. The molecule has 0 saturated carbocycles. The molecule has 1 heterocycles. The monoisotopic (exact) mass is 145 g/mol. The lowest BCUT2D eigenvalue weighted by Gasteiger charge is -2.07. The van der Waals surface area contributed by atoms with E-state index in [4.69, 9.17) is 5.11 Å². The maximum Gasteiger partial charge on any atom is 0.322 e. The fraction of sp³-hybridized carbons (Fsp3) is 0.833. The first-order valence-corrected chi connectivity index (χ1v) is 3.26. The van der Waals surface area contributed by atoms with Crippen LogP contribution in [0.15, 0.2) is 0 Å². The molecule has 0 aromatic heterocycles. The minimum absolute atomic E-state index is 0.295. The highest BCUT2D eigenvalue weighted by molar-refractivity contribution is 5.75. The number of carbonyl (C=O) groups excluding carboxylic acids is 1. The third-order valence-corrected chi connectivity index (χ3v) is 1.61. The van der Waals surface area contributed by atoms with Crippen molar-refractivity contribution in [2.24, 2.45) is 0 Å². The molecule has 10 heavy (non-hydrogen) atoms. The van der Waals surface area contributed by atoms with E-state index >= 15 is 0 Å². The summed E-state index contributed by atoms with van der Waals surface area (Å²) in [5.74, 6) is -0.295. The molecular formula is C6H11NO3. The van der Waals surface area contributed by atoms with E-state index in [9.17, 15) is 4.79 Å². The maximum atomic E-state index is 10.8.